The normalized spacial score (nSPS) is 15.9. The molecule has 0 atom stereocenters. The first-order valence-corrected chi connectivity index (χ1v) is 9.93. The minimum Gasteiger partial charge on any atom is -0.455 e. The van der Waals surface area contributed by atoms with E-state index in [2.05, 4.69) is 26.6 Å². The molecule has 2 amide bonds. The first kappa shape index (κ1) is 21.4. The summed E-state index contributed by atoms with van der Waals surface area (Å²) in [4.78, 5) is 37.1. The predicted octanol–water partition coefficient (Wildman–Crippen LogP) is 3.80. The molecule has 2 rings (SSSR count). The van der Waals surface area contributed by atoms with Crippen LogP contribution in [0.4, 0.5) is 5.69 Å². The van der Waals surface area contributed by atoms with Crippen molar-refractivity contribution in [2.45, 2.75) is 58.4 Å². The van der Waals surface area contributed by atoms with Crippen LogP contribution in [0.5, 0.6) is 0 Å². The number of carbonyl (C=O) groups is 3. The summed E-state index contributed by atoms with van der Waals surface area (Å²) in [5, 5.41) is 5.60. The largest absolute Gasteiger partial charge is 0.455 e. The molecule has 0 saturated heterocycles. The highest BCUT2D eigenvalue weighted by molar-refractivity contribution is 9.10. The number of amides is 2. The fraction of sp³-hybridized carbons (Fsp3) is 0.550. The molecule has 1 aliphatic rings. The Bertz CT molecular complexity index is 706. The van der Waals surface area contributed by atoms with Gasteiger partial charge in [0.2, 0.25) is 5.91 Å². The van der Waals surface area contributed by atoms with E-state index in [4.69, 9.17) is 4.74 Å². The molecule has 1 saturated carbocycles. The molecular formula is C20H27BrN2O4. The second-order valence-electron chi connectivity index (χ2n) is 8.07. The van der Waals surface area contributed by atoms with Gasteiger partial charge in [0.1, 0.15) is 0 Å². The van der Waals surface area contributed by atoms with Gasteiger partial charge in [0, 0.05) is 16.4 Å². The van der Waals surface area contributed by atoms with Crippen LogP contribution < -0.4 is 10.6 Å². The minimum atomic E-state index is -0.830. The molecule has 0 aromatic heterocycles. The number of rotatable bonds is 6. The zero-order chi connectivity index (χ0) is 20.1. The summed E-state index contributed by atoms with van der Waals surface area (Å²) in [5.41, 5.74) is -0.578. The van der Waals surface area contributed by atoms with E-state index in [1.807, 2.05) is 32.9 Å². The Balaban J connectivity index is 1.94. The molecule has 1 aliphatic carbocycles. The van der Waals surface area contributed by atoms with Crippen LogP contribution in [0.15, 0.2) is 28.7 Å². The maximum atomic E-state index is 12.7. The Morgan fingerprint density at radius 1 is 1.11 bits per heavy atom. The van der Waals surface area contributed by atoms with Gasteiger partial charge in [-0.1, -0.05) is 25.0 Å². The quantitative estimate of drug-likeness (QED) is 0.661. The van der Waals surface area contributed by atoms with Crippen molar-refractivity contribution in [1.29, 1.82) is 0 Å². The van der Waals surface area contributed by atoms with Crippen molar-refractivity contribution in [3.63, 3.8) is 0 Å². The van der Waals surface area contributed by atoms with Crippen LogP contribution >= 0.6 is 15.9 Å². The van der Waals surface area contributed by atoms with Crippen molar-refractivity contribution in [3.8, 4) is 0 Å². The van der Waals surface area contributed by atoms with Gasteiger partial charge < -0.3 is 15.4 Å². The second-order valence-corrected chi connectivity index (χ2v) is 8.92. The Hall–Kier alpha value is -1.89. The average Bonchev–Trinajstić information content (AvgIpc) is 3.02. The third-order valence-corrected chi connectivity index (χ3v) is 5.18. The molecule has 1 aromatic carbocycles. The Morgan fingerprint density at radius 2 is 1.74 bits per heavy atom. The van der Waals surface area contributed by atoms with Crippen LogP contribution in [0.3, 0.4) is 0 Å². The maximum Gasteiger partial charge on any atom is 0.313 e. The third-order valence-electron chi connectivity index (χ3n) is 4.49. The van der Waals surface area contributed by atoms with Gasteiger partial charge >= 0.3 is 5.97 Å². The molecular weight excluding hydrogens is 412 g/mol. The van der Waals surface area contributed by atoms with Gasteiger partial charge in [-0.3, -0.25) is 14.4 Å². The molecule has 0 heterocycles. The van der Waals surface area contributed by atoms with Crippen molar-refractivity contribution in [1.82, 2.24) is 5.32 Å². The molecule has 6 nitrogen and oxygen atoms in total. The molecule has 0 radical (unpaired) electrons. The van der Waals surface area contributed by atoms with Gasteiger partial charge in [-0.25, -0.2) is 0 Å². The van der Waals surface area contributed by atoms with E-state index in [1.54, 1.807) is 12.1 Å². The molecule has 1 fully saturated rings. The highest BCUT2D eigenvalue weighted by Gasteiger charge is 2.44. The van der Waals surface area contributed by atoms with Crippen molar-refractivity contribution < 1.29 is 19.1 Å². The molecule has 2 N–H and O–H groups in total. The number of halogens is 1. The lowest BCUT2D eigenvalue weighted by Gasteiger charge is -2.28. The first-order valence-electron chi connectivity index (χ1n) is 9.14. The summed E-state index contributed by atoms with van der Waals surface area (Å²) in [6, 6.07) is 7.20. The van der Waals surface area contributed by atoms with Gasteiger partial charge in [-0.05, 0) is 61.7 Å². The summed E-state index contributed by atoms with van der Waals surface area (Å²) in [6.45, 7) is 5.33. The zero-order valence-electron chi connectivity index (χ0n) is 16.1. The summed E-state index contributed by atoms with van der Waals surface area (Å²) in [5.74, 6) is -1.05. The van der Waals surface area contributed by atoms with Gasteiger partial charge in [0.05, 0.1) is 11.1 Å². The highest BCUT2D eigenvalue weighted by Crippen LogP contribution is 2.42. The molecule has 27 heavy (non-hydrogen) atoms. The van der Waals surface area contributed by atoms with Crippen LogP contribution in [-0.2, 0) is 19.1 Å². The average molecular weight is 439 g/mol. The number of carbonyl (C=O) groups excluding carboxylic acids is 3. The Morgan fingerprint density at radius 3 is 2.33 bits per heavy atom. The molecule has 0 bridgehead atoms. The number of hydrogen-bond acceptors (Lipinski definition) is 4. The SMILES string of the molecule is CC(C)(C)NC(=O)CC1(C(=O)OCC(=O)Nc2ccccc2Br)CCCC1. The monoisotopic (exact) mass is 438 g/mol. The van der Waals surface area contributed by atoms with E-state index in [-0.39, 0.29) is 24.5 Å². The Kier molecular flexibility index (Phi) is 7.03. The van der Waals surface area contributed by atoms with E-state index >= 15 is 0 Å². The Labute approximate surface area is 168 Å². The van der Waals surface area contributed by atoms with Crippen molar-refractivity contribution in [2.75, 3.05) is 11.9 Å². The molecule has 0 aliphatic heterocycles. The standard InChI is InChI=1S/C20H27BrN2O4/c1-19(2,3)23-16(24)12-20(10-6-7-11-20)18(26)27-13-17(25)22-15-9-5-4-8-14(15)21/h4-5,8-9H,6-7,10-13H2,1-3H3,(H,22,25)(H,23,24). The number of ether oxygens (including phenoxy) is 1. The fourth-order valence-electron chi connectivity index (χ4n) is 3.31. The van der Waals surface area contributed by atoms with Crippen LogP contribution in [0.1, 0.15) is 52.9 Å². The van der Waals surface area contributed by atoms with Crippen molar-refractivity contribution in [2.24, 2.45) is 5.41 Å². The first-order chi connectivity index (χ1) is 12.6. The molecule has 0 unspecified atom stereocenters. The predicted molar refractivity (Wildman–Crippen MR) is 107 cm³/mol. The molecule has 0 spiro atoms. The van der Waals surface area contributed by atoms with Crippen LogP contribution in [-0.4, -0.2) is 29.9 Å². The van der Waals surface area contributed by atoms with Gasteiger partial charge in [0.25, 0.3) is 5.91 Å². The van der Waals surface area contributed by atoms with Gasteiger partial charge in [0.15, 0.2) is 6.61 Å². The smallest absolute Gasteiger partial charge is 0.313 e. The van der Waals surface area contributed by atoms with E-state index in [1.165, 1.54) is 0 Å². The molecule has 7 heteroatoms. The number of nitrogens with one attached hydrogen (secondary N) is 2. The summed E-state index contributed by atoms with van der Waals surface area (Å²) >= 11 is 3.35. The van der Waals surface area contributed by atoms with Crippen LogP contribution in [0.2, 0.25) is 0 Å². The van der Waals surface area contributed by atoms with E-state index < -0.39 is 17.3 Å². The number of anilines is 1. The second kappa shape index (κ2) is 8.87. The lowest BCUT2D eigenvalue weighted by Crippen LogP contribution is -2.44. The number of esters is 1. The summed E-state index contributed by atoms with van der Waals surface area (Å²) < 4.78 is 6.03. The van der Waals surface area contributed by atoms with Gasteiger partial charge in [-0.2, -0.15) is 0 Å². The third kappa shape index (κ3) is 6.34. The minimum absolute atomic E-state index is 0.0922. The summed E-state index contributed by atoms with van der Waals surface area (Å²) in [6.07, 6.45) is 3.06. The fourth-order valence-corrected chi connectivity index (χ4v) is 3.69. The molecule has 1 aromatic rings. The lowest BCUT2D eigenvalue weighted by molar-refractivity contribution is -0.160. The summed E-state index contributed by atoms with van der Waals surface area (Å²) in [7, 11) is 0. The lowest BCUT2D eigenvalue weighted by atomic mass is 9.82. The van der Waals surface area contributed by atoms with Crippen LogP contribution in [0.25, 0.3) is 0 Å². The van der Waals surface area contributed by atoms with Gasteiger partial charge in [-0.15, -0.1) is 0 Å². The molecule has 148 valence electrons. The van der Waals surface area contributed by atoms with E-state index in [0.717, 1.165) is 17.3 Å². The zero-order valence-corrected chi connectivity index (χ0v) is 17.6. The topological polar surface area (TPSA) is 84.5 Å². The number of benzene rings is 1. The van der Waals surface area contributed by atoms with Crippen molar-refractivity contribution in [3.05, 3.63) is 28.7 Å². The van der Waals surface area contributed by atoms with E-state index in [9.17, 15) is 14.4 Å². The number of para-hydroxylation sites is 1. The van der Waals surface area contributed by atoms with E-state index in [0.29, 0.717) is 18.5 Å². The maximum absolute atomic E-state index is 12.7. The van der Waals surface area contributed by atoms with Crippen LogP contribution in [0, 0.1) is 5.41 Å². The van der Waals surface area contributed by atoms with Crippen molar-refractivity contribution >= 4 is 39.4 Å². The number of hydrogen-bond donors (Lipinski definition) is 2. The highest BCUT2D eigenvalue weighted by atomic mass is 79.9.